The molecular formula is C20H22N4O2. The largest absolute Gasteiger partial charge is 0.506 e. The molecule has 0 aliphatic carbocycles. The number of benzene rings is 3. The minimum atomic E-state index is 0.0538. The highest BCUT2D eigenvalue weighted by Crippen LogP contribution is 2.35. The average Bonchev–Trinajstić information content (AvgIpc) is 2.63. The predicted octanol–water partition coefficient (Wildman–Crippen LogP) is 3.49. The van der Waals surface area contributed by atoms with Gasteiger partial charge in [-0.15, -0.1) is 0 Å². The van der Waals surface area contributed by atoms with Crippen molar-refractivity contribution in [3.05, 3.63) is 71.8 Å². The first-order chi connectivity index (χ1) is 12.5. The molecule has 26 heavy (non-hydrogen) atoms. The number of hydrogen-bond donors (Lipinski definition) is 6. The molecule has 3 aromatic carbocycles. The van der Waals surface area contributed by atoms with Gasteiger partial charge in [0, 0.05) is 36.6 Å². The van der Waals surface area contributed by atoms with E-state index in [1.54, 1.807) is 0 Å². The van der Waals surface area contributed by atoms with Gasteiger partial charge >= 0.3 is 0 Å². The summed E-state index contributed by atoms with van der Waals surface area (Å²) in [5.74, 6) is 0.108. The molecule has 6 heteroatoms. The van der Waals surface area contributed by atoms with Crippen molar-refractivity contribution in [2.45, 2.75) is 13.1 Å². The molecule has 0 radical (unpaired) electrons. The number of aromatic hydroxyl groups is 2. The Morgan fingerprint density at radius 1 is 0.615 bits per heavy atom. The third-order valence-electron chi connectivity index (χ3n) is 4.04. The van der Waals surface area contributed by atoms with Crippen molar-refractivity contribution in [1.82, 2.24) is 0 Å². The van der Waals surface area contributed by atoms with E-state index in [1.807, 2.05) is 48.5 Å². The van der Waals surface area contributed by atoms with Crippen LogP contribution >= 0.6 is 0 Å². The van der Waals surface area contributed by atoms with Crippen LogP contribution in [0.3, 0.4) is 0 Å². The standard InChI is InChI=1S/C20H22N4O2/c21-15-5-1-13(2-6-15)11-23-17-9-20(26)18(10-19(17)25)24-12-14-3-7-16(22)8-4-14/h1-10,23-26H,11-12,21-22H2. The van der Waals surface area contributed by atoms with Gasteiger partial charge in [0.2, 0.25) is 0 Å². The fourth-order valence-electron chi connectivity index (χ4n) is 2.53. The van der Waals surface area contributed by atoms with E-state index < -0.39 is 0 Å². The van der Waals surface area contributed by atoms with Gasteiger partial charge in [-0.2, -0.15) is 0 Å². The quantitative estimate of drug-likeness (QED) is 0.230. The molecule has 3 rings (SSSR count). The van der Waals surface area contributed by atoms with Crippen LogP contribution in [0.5, 0.6) is 11.5 Å². The molecule has 0 atom stereocenters. The van der Waals surface area contributed by atoms with Gasteiger partial charge in [-0.05, 0) is 35.4 Å². The van der Waals surface area contributed by atoms with Gasteiger partial charge in [0.15, 0.2) is 0 Å². The molecule has 0 bridgehead atoms. The summed E-state index contributed by atoms with van der Waals surface area (Å²) >= 11 is 0. The molecule has 0 unspecified atom stereocenters. The Balaban J connectivity index is 1.65. The summed E-state index contributed by atoms with van der Waals surface area (Å²) in [6.45, 7) is 1.01. The molecule has 0 heterocycles. The van der Waals surface area contributed by atoms with Gasteiger partial charge in [-0.3, -0.25) is 0 Å². The number of anilines is 4. The highest BCUT2D eigenvalue weighted by molar-refractivity contribution is 5.70. The first-order valence-corrected chi connectivity index (χ1v) is 8.24. The number of hydrogen-bond acceptors (Lipinski definition) is 6. The van der Waals surface area contributed by atoms with E-state index in [4.69, 9.17) is 11.5 Å². The minimum absolute atomic E-state index is 0.0538. The van der Waals surface area contributed by atoms with Gasteiger partial charge in [-0.1, -0.05) is 24.3 Å². The predicted molar refractivity (Wildman–Crippen MR) is 106 cm³/mol. The lowest BCUT2D eigenvalue weighted by Crippen LogP contribution is -2.02. The second-order valence-corrected chi connectivity index (χ2v) is 6.08. The average molecular weight is 350 g/mol. The molecule has 6 nitrogen and oxygen atoms in total. The highest BCUT2D eigenvalue weighted by atomic mass is 16.3. The van der Waals surface area contributed by atoms with Gasteiger partial charge in [0.05, 0.1) is 11.4 Å². The molecule has 0 aliphatic heterocycles. The molecule has 0 spiro atoms. The summed E-state index contributed by atoms with van der Waals surface area (Å²) in [5.41, 5.74) is 15.7. The zero-order chi connectivity index (χ0) is 18.5. The van der Waals surface area contributed by atoms with Crippen LogP contribution in [0.1, 0.15) is 11.1 Å². The zero-order valence-corrected chi connectivity index (χ0v) is 14.2. The molecule has 0 aliphatic rings. The number of nitrogens with two attached hydrogens (primary N) is 2. The van der Waals surface area contributed by atoms with E-state index in [1.165, 1.54) is 12.1 Å². The Kier molecular flexibility index (Phi) is 5.03. The number of nitrogen functional groups attached to an aromatic ring is 2. The SMILES string of the molecule is Nc1ccc(CNc2cc(O)c(NCc3ccc(N)cc3)cc2O)cc1. The molecule has 134 valence electrons. The topological polar surface area (TPSA) is 117 Å². The smallest absolute Gasteiger partial charge is 0.141 e. The van der Waals surface area contributed by atoms with Crippen LogP contribution < -0.4 is 22.1 Å². The molecule has 0 amide bonds. The fraction of sp³-hybridized carbons (Fsp3) is 0.100. The van der Waals surface area contributed by atoms with E-state index in [-0.39, 0.29) is 11.5 Å². The Hall–Kier alpha value is -3.54. The molecule has 0 aromatic heterocycles. The summed E-state index contributed by atoms with van der Waals surface area (Å²) in [4.78, 5) is 0. The monoisotopic (exact) mass is 350 g/mol. The molecule has 0 saturated carbocycles. The van der Waals surface area contributed by atoms with E-state index in [9.17, 15) is 10.2 Å². The first kappa shape index (κ1) is 17.3. The van der Waals surface area contributed by atoms with E-state index in [0.29, 0.717) is 35.8 Å². The summed E-state index contributed by atoms with van der Waals surface area (Å²) in [7, 11) is 0. The first-order valence-electron chi connectivity index (χ1n) is 8.24. The Morgan fingerprint density at radius 2 is 0.962 bits per heavy atom. The number of phenolic OH excluding ortho intramolecular Hbond substituents is 2. The number of nitrogens with one attached hydrogen (secondary N) is 2. The van der Waals surface area contributed by atoms with Crippen molar-refractivity contribution in [3.63, 3.8) is 0 Å². The van der Waals surface area contributed by atoms with Crippen LogP contribution in [0, 0.1) is 0 Å². The Bertz CT molecular complexity index is 802. The van der Waals surface area contributed by atoms with Gasteiger partial charge in [0.25, 0.3) is 0 Å². The molecule has 0 fully saturated rings. The van der Waals surface area contributed by atoms with E-state index in [0.717, 1.165) is 11.1 Å². The third kappa shape index (κ3) is 4.30. The molecular weight excluding hydrogens is 328 g/mol. The third-order valence-corrected chi connectivity index (χ3v) is 4.04. The van der Waals surface area contributed by atoms with Crippen LogP contribution in [-0.2, 0) is 13.1 Å². The van der Waals surface area contributed by atoms with Crippen LogP contribution in [0.2, 0.25) is 0 Å². The summed E-state index contributed by atoms with van der Waals surface area (Å²) in [5, 5.41) is 26.7. The lowest BCUT2D eigenvalue weighted by Gasteiger charge is -2.14. The maximum Gasteiger partial charge on any atom is 0.141 e. The number of rotatable bonds is 6. The van der Waals surface area contributed by atoms with Crippen molar-refractivity contribution in [1.29, 1.82) is 0 Å². The van der Waals surface area contributed by atoms with Crippen LogP contribution in [0.15, 0.2) is 60.7 Å². The summed E-state index contributed by atoms with van der Waals surface area (Å²) in [6, 6.07) is 17.9. The maximum atomic E-state index is 10.2. The van der Waals surface area contributed by atoms with Gasteiger partial charge in [-0.25, -0.2) is 0 Å². The van der Waals surface area contributed by atoms with Gasteiger partial charge in [0.1, 0.15) is 11.5 Å². The number of phenols is 2. The van der Waals surface area contributed by atoms with Crippen LogP contribution in [-0.4, -0.2) is 10.2 Å². The minimum Gasteiger partial charge on any atom is -0.506 e. The Labute approximate surface area is 152 Å². The molecule has 0 saturated heterocycles. The Morgan fingerprint density at radius 3 is 1.31 bits per heavy atom. The second kappa shape index (κ2) is 7.57. The van der Waals surface area contributed by atoms with Crippen molar-refractivity contribution < 1.29 is 10.2 Å². The van der Waals surface area contributed by atoms with Crippen LogP contribution in [0.4, 0.5) is 22.7 Å². The van der Waals surface area contributed by atoms with Crippen molar-refractivity contribution in [2.24, 2.45) is 0 Å². The molecule has 8 N–H and O–H groups in total. The summed E-state index contributed by atoms with van der Waals surface area (Å²) < 4.78 is 0. The van der Waals surface area contributed by atoms with Gasteiger partial charge < -0.3 is 32.3 Å². The highest BCUT2D eigenvalue weighted by Gasteiger charge is 2.09. The molecule has 3 aromatic rings. The van der Waals surface area contributed by atoms with Crippen molar-refractivity contribution in [3.8, 4) is 11.5 Å². The normalized spacial score (nSPS) is 10.5. The van der Waals surface area contributed by atoms with Crippen LogP contribution in [0.25, 0.3) is 0 Å². The maximum absolute atomic E-state index is 10.2. The van der Waals surface area contributed by atoms with E-state index in [2.05, 4.69) is 10.6 Å². The van der Waals surface area contributed by atoms with Crippen molar-refractivity contribution >= 4 is 22.7 Å². The summed E-state index contributed by atoms with van der Waals surface area (Å²) in [6.07, 6.45) is 0. The lowest BCUT2D eigenvalue weighted by molar-refractivity contribution is 0.463. The fourth-order valence-corrected chi connectivity index (χ4v) is 2.53. The second-order valence-electron chi connectivity index (χ2n) is 6.08. The van der Waals surface area contributed by atoms with E-state index >= 15 is 0 Å². The van der Waals surface area contributed by atoms with Crippen molar-refractivity contribution in [2.75, 3.05) is 22.1 Å². The lowest BCUT2D eigenvalue weighted by atomic mass is 10.1. The zero-order valence-electron chi connectivity index (χ0n) is 14.2.